The third-order valence-corrected chi connectivity index (χ3v) is 3.83. The highest BCUT2D eigenvalue weighted by Gasteiger charge is 2.41. The number of carboxylic acids is 1. The van der Waals surface area contributed by atoms with E-state index < -0.39 is 12.0 Å². The standard InChI is InChI=1S/C8H10N2O3S2/c11-6-4-15-8(14)10(6)9-3-1-2-5(9)7(12)13/h5H,1-4H2,(H,12,13)/t5-/m0/s1. The number of amides is 1. The van der Waals surface area contributed by atoms with Crippen LogP contribution < -0.4 is 0 Å². The summed E-state index contributed by atoms with van der Waals surface area (Å²) < 4.78 is 0.466. The minimum atomic E-state index is -0.889. The second kappa shape index (κ2) is 4.07. The average Bonchev–Trinajstić information content (AvgIpc) is 2.73. The maximum absolute atomic E-state index is 11.5. The molecule has 0 unspecified atom stereocenters. The number of thiocarbonyl (C=S) groups is 1. The topological polar surface area (TPSA) is 60.9 Å². The predicted octanol–water partition coefficient (Wildman–Crippen LogP) is 0.311. The van der Waals surface area contributed by atoms with Crippen molar-refractivity contribution in [3.05, 3.63) is 0 Å². The molecule has 2 fully saturated rings. The first-order valence-electron chi connectivity index (χ1n) is 4.60. The molecule has 15 heavy (non-hydrogen) atoms. The van der Waals surface area contributed by atoms with Gasteiger partial charge in [0.2, 0.25) is 0 Å². The van der Waals surface area contributed by atoms with Crippen LogP contribution in [0, 0.1) is 0 Å². The lowest BCUT2D eigenvalue weighted by Crippen LogP contribution is -2.50. The zero-order valence-corrected chi connectivity index (χ0v) is 9.51. The number of thioether (sulfide) groups is 1. The number of nitrogens with zero attached hydrogens (tertiary/aromatic N) is 2. The smallest absolute Gasteiger partial charge is 0.322 e. The van der Waals surface area contributed by atoms with E-state index in [0.717, 1.165) is 6.42 Å². The average molecular weight is 246 g/mol. The molecule has 5 nitrogen and oxygen atoms in total. The molecule has 2 saturated heterocycles. The Balaban J connectivity index is 2.18. The molecule has 2 heterocycles. The Bertz CT molecular complexity index is 318. The van der Waals surface area contributed by atoms with Gasteiger partial charge in [-0.25, -0.2) is 5.01 Å². The van der Waals surface area contributed by atoms with Crippen molar-refractivity contribution in [3.63, 3.8) is 0 Å². The van der Waals surface area contributed by atoms with Crippen molar-refractivity contribution in [2.75, 3.05) is 12.3 Å². The fraction of sp³-hybridized carbons (Fsp3) is 0.625. The number of aliphatic carboxylic acids is 1. The maximum atomic E-state index is 11.5. The molecule has 7 heteroatoms. The third-order valence-electron chi connectivity index (χ3n) is 2.49. The second-order valence-electron chi connectivity index (χ2n) is 3.42. The van der Waals surface area contributed by atoms with Crippen LogP contribution in [0.15, 0.2) is 0 Å². The molecular weight excluding hydrogens is 236 g/mol. The van der Waals surface area contributed by atoms with Gasteiger partial charge in [-0.2, -0.15) is 5.01 Å². The molecule has 0 radical (unpaired) electrons. The largest absolute Gasteiger partial charge is 0.480 e. The van der Waals surface area contributed by atoms with Crippen LogP contribution >= 0.6 is 24.0 Å². The molecule has 1 N–H and O–H groups in total. The number of carboxylic acid groups (broad SMARTS) is 1. The molecule has 2 rings (SSSR count). The van der Waals surface area contributed by atoms with Crippen LogP contribution in [0.25, 0.3) is 0 Å². The summed E-state index contributed by atoms with van der Waals surface area (Å²) in [5.41, 5.74) is 0. The van der Waals surface area contributed by atoms with Crippen LogP contribution in [0.4, 0.5) is 0 Å². The number of carbonyl (C=O) groups excluding carboxylic acids is 1. The predicted molar refractivity (Wildman–Crippen MR) is 59.3 cm³/mol. The molecule has 2 aliphatic heterocycles. The van der Waals surface area contributed by atoms with Gasteiger partial charge in [0.15, 0.2) is 4.32 Å². The van der Waals surface area contributed by atoms with E-state index in [4.69, 9.17) is 17.3 Å². The Labute approximate surface area is 96.4 Å². The molecular formula is C8H10N2O3S2. The Kier molecular flexibility index (Phi) is 2.94. The maximum Gasteiger partial charge on any atom is 0.322 e. The van der Waals surface area contributed by atoms with E-state index in [0.29, 0.717) is 23.0 Å². The molecule has 1 amide bonds. The summed E-state index contributed by atoms with van der Waals surface area (Å²) in [6.07, 6.45) is 1.36. The minimum Gasteiger partial charge on any atom is -0.480 e. The van der Waals surface area contributed by atoms with Crippen LogP contribution in [-0.4, -0.2) is 49.7 Å². The summed E-state index contributed by atoms with van der Waals surface area (Å²) in [7, 11) is 0. The Hall–Kier alpha value is -0.660. The lowest BCUT2D eigenvalue weighted by Gasteiger charge is -2.29. The summed E-state index contributed by atoms with van der Waals surface area (Å²) in [5.74, 6) is -0.681. The SMILES string of the molecule is O=C(O)[C@@H]1CCCN1N1C(=O)CSC1=S. The molecule has 0 bridgehead atoms. The van der Waals surface area contributed by atoms with Gasteiger partial charge in [-0.3, -0.25) is 9.59 Å². The number of hydrogen-bond donors (Lipinski definition) is 1. The van der Waals surface area contributed by atoms with Crippen molar-refractivity contribution in [1.29, 1.82) is 0 Å². The molecule has 0 aromatic carbocycles. The van der Waals surface area contributed by atoms with Crippen LogP contribution in [0.2, 0.25) is 0 Å². The van der Waals surface area contributed by atoms with E-state index in [1.165, 1.54) is 16.8 Å². The number of rotatable bonds is 2. The fourth-order valence-electron chi connectivity index (χ4n) is 1.84. The van der Waals surface area contributed by atoms with Gasteiger partial charge in [0, 0.05) is 6.54 Å². The normalized spacial score (nSPS) is 27.7. The van der Waals surface area contributed by atoms with Crippen LogP contribution in [-0.2, 0) is 9.59 Å². The Morgan fingerprint density at radius 3 is 2.87 bits per heavy atom. The van der Waals surface area contributed by atoms with Gasteiger partial charge in [-0.05, 0) is 12.8 Å². The Morgan fingerprint density at radius 1 is 1.60 bits per heavy atom. The van der Waals surface area contributed by atoms with Crippen LogP contribution in [0.1, 0.15) is 12.8 Å². The van der Waals surface area contributed by atoms with Crippen molar-refractivity contribution >= 4 is 40.2 Å². The summed E-state index contributed by atoms with van der Waals surface area (Å²) in [6, 6.07) is -0.606. The molecule has 0 saturated carbocycles. The van der Waals surface area contributed by atoms with Gasteiger partial charge < -0.3 is 5.11 Å². The quantitative estimate of drug-likeness (QED) is 0.708. The Morgan fingerprint density at radius 2 is 2.33 bits per heavy atom. The molecule has 0 aromatic heterocycles. The highest BCUT2D eigenvalue weighted by molar-refractivity contribution is 8.23. The lowest BCUT2D eigenvalue weighted by molar-refractivity contribution is -0.150. The minimum absolute atomic E-state index is 0.113. The first-order chi connectivity index (χ1) is 7.11. The number of hydrogen-bond acceptors (Lipinski definition) is 5. The second-order valence-corrected chi connectivity index (χ2v) is 5.03. The molecule has 0 spiro atoms. The first kappa shape index (κ1) is 10.8. The van der Waals surface area contributed by atoms with Crippen LogP contribution in [0.5, 0.6) is 0 Å². The number of hydrazine groups is 1. The molecule has 1 atom stereocenters. The van der Waals surface area contributed by atoms with E-state index in [9.17, 15) is 9.59 Å². The summed E-state index contributed by atoms with van der Waals surface area (Å²) in [4.78, 5) is 22.5. The summed E-state index contributed by atoms with van der Waals surface area (Å²) in [5, 5.41) is 11.9. The van der Waals surface area contributed by atoms with Gasteiger partial charge in [-0.15, -0.1) is 0 Å². The van der Waals surface area contributed by atoms with E-state index >= 15 is 0 Å². The third kappa shape index (κ3) is 1.86. The van der Waals surface area contributed by atoms with Gasteiger partial charge in [0.25, 0.3) is 5.91 Å². The van der Waals surface area contributed by atoms with Crippen molar-refractivity contribution in [2.45, 2.75) is 18.9 Å². The van der Waals surface area contributed by atoms with E-state index in [1.54, 1.807) is 5.01 Å². The lowest BCUT2D eigenvalue weighted by atomic mass is 10.2. The molecule has 0 aliphatic carbocycles. The molecule has 0 aromatic rings. The zero-order chi connectivity index (χ0) is 11.0. The van der Waals surface area contributed by atoms with Crippen molar-refractivity contribution in [2.24, 2.45) is 0 Å². The fourth-order valence-corrected chi connectivity index (χ4v) is 2.92. The zero-order valence-electron chi connectivity index (χ0n) is 7.88. The van der Waals surface area contributed by atoms with Crippen LogP contribution in [0.3, 0.4) is 0 Å². The van der Waals surface area contributed by atoms with Gasteiger partial charge in [-0.1, -0.05) is 24.0 Å². The summed E-state index contributed by atoms with van der Waals surface area (Å²) >= 11 is 6.31. The van der Waals surface area contributed by atoms with Crippen molar-refractivity contribution < 1.29 is 14.7 Å². The van der Waals surface area contributed by atoms with E-state index in [1.807, 2.05) is 0 Å². The first-order valence-corrected chi connectivity index (χ1v) is 5.99. The highest BCUT2D eigenvalue weighted by atomic mass is 32.2. The van der Waals surface area contributed by atoms with Gasteiger partial charge in [0.1, 0.15) is 6.04 Å². The van der Waals surface area contributed by atoms with E-state index in [2.05, 4.69) is 0 Å². The number of carbonyl (C=O) groups is 2. The highest BCUT2D eigenvalue weighted by Crippen LogP contribution is 2.27. The molecule has 2 aliphatic rings. The van der Waals surface area contributed by atoms with Crippen molar-refractivity contribution in [1.82, 2.24) is 10.0 Å². The molecule has 82 valence electrons. The summed E-state index contributed by atoms with van der Waals surface area (Å²) in [6.45, 7) is 0.587. The van der Waals surface area contributed by atoms with E-state index in [-0.39, 0.29) is 5.91 Å². The van der Waals surface area contributed by atoms with Gasteiger partial charge >= 0.3 is 5.97 Å². The van der Waals surface area contributed by atoms with Gasteiger partial charge in [0.05, 0.1) is 5.75 Å². The monoisotopic (exact) mass is 246 g/mol. The van der Waals surface area contributed by atoms with Crippen molar-refractivity contribution in [3.8, 4) is 0 Å².